The summed E-state index contributed by atoms with van der Waals surface area (Å²) in [6.45, 7) is 13.8. The third-order valence-electron chi connectivity index (χ3n) is 6.15. The molecule has 2 heterocycles. The van der Waals surface area contributed by atoms with Crippen molar-refractivity contribution in [2.75, 3.05) is 39.3 Å². The van der Waals surface area contributed by atoms with Crippen molar-refractivity contribution >= 4 is 11.8 Å². The maximum Gasteiger partial charge on any atom is 0.245 e. The Morgan fingerprint density at radius 2 is 1.90 bits per heavy atom. The Morgan fingerprint density at radius 1 is 1.21 bits per heavy atom. The normalized spacial score (nSPS) is 22.6. The van der Waals surface area contributed by atoms with E-state index in [-0.39, 0.29) is 23.9 Å². The smallest absolute Gasteiger partial charge is 0.245 e. The maximum absolute atomic E-state index is 13.2. The number of nitrogens with one attached hydrogen (secondary N) is 1. The van der Waals surface area contributed by atoms with Gasteiger partial charge in [-0.2, -0.15) is 0 Å². The number of nitrogens with zero attached hydrogens (tertiary/aromatic N) is 3. The molecule has 0 saturated carbocycles. The van der Waals surface area contributed by atoms with Crippen molar-refractivity contribution in [3.8, 4) is 0 Å². The average molecular weight is 401 g/mol. The first-order valence-electron chi connectivity index (χ1n) is 10.9. The minimum Gasteiger partial charge on any atom is -0.338 e. The number of amides is 2. The fraction of sp³-hybridized carbons (Fsp3) is 0.652. The van der Waals surface area contributed by atoms with E-state index in [1.165, 1.54) is 11.1 Å². The van der Waals surface area contributed by atoms with Gasteiger partial charge in [-0.15, -0.1) is 0 Å². The first-order chi connectivity index (χ1) is 13.9. The molecule has 2 amide bonds. The summed E-state index contributed by atoms with van der Waals surface area (Å²) in [6, 6.07) is 8.36. The summed E-state index contributed by atoms with van der Waals surface area (Å²) in [6.07, 6.45) is 0.723. The number of hydrogen-bond acceptors (Lipinski definition) is 4. The van der Waals surface area contributed by atoms with Gasteiger partial charge in [0, 0.05) is 58.8 Å². The lowest BCUT2D eigenvalue weighted by molar-refractivity contribution is -0.143. The molecule has 2 unspecified atom stereocenters. The summed E-state index contributed by atoms with van der Waals surface area (Å²) >= 11 is 0. The molecule has 2 aliphatic rings. The predicted octanol–water partition coefficient (Wildman–Crippen LogP) is 1.87. The van der Waals surface area contributed by atoms with E-state index < -0.39 is 0 Å². The number of likely N-dealkylation sites (tertiary alicyclic amines) is 1. The van der Waals surface area contributed by atoms with Crippen LogP contribution in [0.4, 0.5) is 0 Å². The minimum atomic E-state index is -0.331. The lowest BCUT2D eigenvalue weighted by Gasteiger charge is -2.32. The molecule has 0 bridgehead atoms. The molecule has 0 aliphatic carbocycles. The zero-order valence-electron chi connectivity index (χ0n) is 18.4. The molecular formula is C23H36N4O2. The third-order valence-corrected chi connectivity index (χ3v) is 6.15. The fourth-order valence-electron chi connectivity index (χ4n) is 4.57. The van der Waals surface area contributed by atoms with Gasteiger partial charge < -0.3 is 15.1 Å². The number of hydrogen-bond donors (Lipinski definition) is 1. The number of benzene rings is 1. The van der Waals surface area contributed by atoms with E-state index in [1.807, 2.05) is 4.90 Å². The van der Waals surface area contributed by atoms with E-state index in [1.54, 1.807) is 11.8 Å². The molecule has 2 aliphatic heterocycles. The Hall–Kier alpha value is -1.92. The van der Waals surface area contributed by atoms with Crippen molar-refractivity contribution in [3.63, 3.8) is 0 Å². The number of piperazine rings is 1. The highest BCUT2D eigenvalue weighted by Crippen LogP contribution is 2.27. The van der Waals surface area contributed by atoms with Crippen LogP contribution in [-0.2, 0) is 16.1 Å². The van der Waals surface area contributed by atoms with E-state index in [9.17, 15) is 9.59 Å². The summed E-state index contributed by atoms with van der Waals surface area (Å²) in [4.78, 5) is 31.8. The van der Waals surface area contributed by atoms with E-state index in [4.69, 9.17) is 0 Å². The Labute approximate surface area is 175 Å². The van der Waals surface area contributed by atoms with Crippen LogP contribution >= 0.6 is 0 Å². The van der Waals surface area contributed by atoms with Gasteiger partial charge in [0.2, 0.25) is 11.8 Å². The Bertz CT molecular complexity index is 715. The Balaban J connectivity index is 1.78. The van der Waals surface area contributed by atoms with E-state index >= 15 is 0 Å². The second kappa shape index (κ2) is 9.72. The standard InChI is InChI=1S/C23H36N4O2/c1-17(2)14-26(15-20-8-6-5-7-18(20)3)21-13-22(27(16-21)19(4)28)23(29)25-11-9-24-10-12-25/h5-8,17,21-22,24H,9-16H2,1-4H3. The van der Waals surface area contributed by atoms with Crippen molar-refractivity contribution in [2.45, 2.75) is 52.7 Å². The van der Waals surface area contributed by atoms with Crippen molar-refractivity contribution in [1.82, 2.24) is 20.0 Å². The van der Waals surface area contributed by atoms with Crippen LogP contribution in [0.2, 0.25) is 0 Å². The summed E-state index contributed by atoms with van der Waals surface area (Å²) < 4.78 is 0. The SMILES string of the molecule is CC(=O)N1CC(N(Cc2ccccc2C)CC(C)C)CC1C(=O)N1CCNCC1. The van der Waals surface area contributed by atoms with Gasteiger partial charge in [-0.3, -0.25) is 14.5 Å². The number of carbonyl (C=O) groups excluding carboxylic acids is 2. The lowest BCUT2D eigenvalue weighted by atomic mass is 10.0. The third kappa shape index (κ3) is 5.37. The van der Waals surface area contributed by atoms with Crippen molar-refractivity contribution in [3.05, 3.63) is 35.4 Å². The fourth-order valence-corrected chi connectivity index (χ4v) is 4.57. The zero-order valence-corrected chi connectivity index (χ0v) is 18.4. The number of aryl methyl sites for hydroxylation is 1. The first-order valence-corrected chi connectivity index (χ1v) is 10.9. The largest absolute Gasteiger partial charge is 0.338 e. The Morgan fingerprint density at radius 3 is 2.52 bits per heavy atom. The van der Waals surface area contributed by atoms with Gasteiger partial charge in [0.15, 0.2) is 0 Å². The molecule has 0 radical (unpaired) electrons. The molecule has 0 spiro atoms. The van der Waals surface area contributed by atoms with Gasteiger partial charge >= 0.3 is 0 Å². The van der Waals surface area contributed by atoms with Crippen LogP contribution in [0, 0.1) is 12.8 Å². The number of carbonyl (C=O) groups is 2. The van der Waals surface area contributed by atoms with Crippen LogP contribution in [0.25, 0.3) is 0 Å². The Kier molecular flexibility index (Phi) is 7.30. The van der Waals surface area contributed by atoms with Gasteiger partial charge in [-0.1, -0.05) is 38.1 Å². The van der Waals surface area contributed by atoms with Gasteiger partial charge in [-0.05, 0) is 30.4 Å². The molecule has 1 aromatic carbocycles. The van der Waals surface area contributed by atoms with Gasteiger partial charge in [0.1, 0.15) is 6.04 Å². The highest BCUT2D eigenvalue weighted by Gasteiger charge is 2.42. The predicted molar refractivity (Wildman–Crippen MR) is 115 cm³/mol. The molecule has 6 nitrogen and oxygen atoms in total. The van der Waals surface area contributed by atoms with Crippen LogP contribution < -0.4 is 5.32 Å². The first kappa shape index (κ1) is 21.8. The molecule has 2 fully saturated rings. The summed E-state index contributed by atoms with van der Waals surface area (Å²) in [5.41, 5.74) is 2.61. The van der Waals surface area contributed by atoms with E-state index in [0.29, 0.717) is 12.5 Å². The van der Waals surface area contributed by atoms with Gasteiger partial charge in [0.25, 0.3) is 0 Å². The summed E-state index contributed by atoms with van der Waals surface area (Å²) in [7, 11) is 0. The second-order valence-electron chi connectivity index (χ2n) is 8.90. The quantitative estimate of drug-likeness (QED) is 0.792. The van der Waals surface area contributed by atoms with Crippen LogP contribution in [0.3, 0.4) is 0 Å². The summed E-state index contributed by atoms with van der Waals surface area (Å²) in [5.74, 6) is 0.638. The van der Waals surface area contributed by atoms with Crippen LogP contribution in [-0.4, -0.2) is 77.9 Å². The molecule has 29 heavy (non-hydrogen) atoms. The van der Waals surface area contributed by atoms with E-state index in [2.05, 4.69) is 55.3 Å². The van der Waals surface area contributed by atoms with Crippen molar-refractivity contribution in [1.29, 1.82) is 0 Å². The molecule has 6 heteroatoms. The monoisotopic (exact) mass is 400 g/mol. The highest BCUT2D eigenvalue weighted by atomic mass is 16.2. The summed E-state index contributed by atoms with van der Waals surface area (Å²) in [5, 5.41) is 3.29. The molecule has 160 valence electrons. The minimum absolute atomic E-state index is 0.00127. The second-order valence-corrected chi connectivity index (χ2v) is 8.90. The molecule has 3 rings (SSSR count). The molecular weight excluding hydrogens is 364 g/mol. The maximum atomic E-state index is 13.2. The van der Waals surface area contributed by atoms with Crippen molar-refractivity contribution in [2.24, 2.45) is 5.92 Å². The molecule has 0 aromatic heterocycles. The molecule has 2 atom stereocenters. The van der Waals surface area contributed by atoms with Gasteiger partial charge in [0.05, 0.1) is 0 Å². The highest BCUT2D eigenvalue weighted by molar-refractivity contribution is 5.87. The van der Waals surface area contributed by atoms with Crippen LogP contribution in [0.15, 0.2) is 24.3 Å². The lowest BCUT2D eigenvalue weighted by Crippen LogP contribution is -2.53. The molecule has 1 aromatic rings. The topological polar surface area (TPSA) is 55.9 Å². The van der Waals surface area contributed by atoms with E-state index in [0.717, 1.165) is 45.7 Å². The van der Waals surface area contributed by atoms with Crippen molar-refractivity contribution < 1.29 is 9.59 Å². The molecule has 2 saturated heterocycles. The average Bonchev–Trinajstić information content (AvgIpc) is 3.14. The van der Waals surface area contributed by atoms with Crippen LogP contribution in [0.1, 0.15) is 38.3 Å². The van der Waals surface area contributed by atoms with Gasteiger partial charge in [-0.25, -0.2) is 0 Å². The van der Waals surface area contributed by atoms with Crippen LogP contribution in [0.5, 0.6) is 0 Å². The zero-order chi connectivity index (χ0) is 21.0. The molecule has 1 N–H and O–H groups in total. The number of rotatable bonds is 6.